The molecule has 0 saturated carbocycles. The van der Waals surface area contributed by atoms with E-state index in [0.717, 1.165) is 27.9 Å². The van der Waals surface area contributed by atoms with E-state index >= 15 is 0 Å². The fourth-order valence-corrected chi connectivity index (χ4v) is 2.13. The van der Waals surface area contributed by atoms with Gasteiger partial charge in [-0.2, -0.15) is 0 Å². The van der Waals surface area contributed by atoms with Crippen LogP contribution in [0.25, 0.3) is 28.4 Å². The van der Waals surface area contributed by atoms with Crippen molar-refractivity contribution in [1.29, 1.82) is 0 Å². The Hall–Kier alpha value is -2.28. The predicted octanol–water partition coefficient (Wildman–Crippen LogP) is 5.05. The van der Waals surface area contributed by atoms with Crippen LogP contribution >= 0.6 is 0 Å². The molecular formula is C17H14O. The molecule has 0 fully saturated rings. The Morgan fingerprint density at radius 3 is 2.50 bits per heavy atom. The summed E-state index contributed by atoms with van der Waals surface area (Å²) in [5.41, 5.74) is 4.35. The van der Waals surface area contributed by atoms with E-state index in [2.05, 4.69) is 49.9 Å². The number of aryl methyl sites for hydroxylation is 1. The fourth-order valence-electron chi connectivity index (χ4n) is 2.13. The Bertz CT molecular complexity index is 702. The number of hydrogen-bond donors (Lipinski definition) is 0. The number of fused-ring (bicyclic) bond motifs is 1. The van der Waals surface area contributed by atoms with Crippen molar-refractivity contribution in [2.45, 2.75) is 6.92 Å². The van der Waals surface area contributed by atoms with E-state index in [4.69, 9.17) is 4.42 Å². The average molecular weight is 234 g/mol. The number of para-hydroxylation sites is 1. The largest absolute Gasteiger partial charge is 0.456 e. The molecule has 0 bridgehead atoms. The lowest BCUT2D eigenvalue weighted by molar-refractivity contribution is 0.629. The number of furan rings is 1. The molecule has 0 amide bonds. The van der Waals surface area contributed by atoms with Gasteiger partial charge in [0.15, 0.2) is 0 Å². The molecule has 3 rings (SSSR count). The molecule has 0 aliphatic rings. The van der Waals surface area contributed by atoms with Crippen LogP contribution in [0.4, 0.5) is 0 Å². The topological polar surface area (TPSA) is 13.1 Å². The van der Waals surface area contributed by atoms with Crippen molar-refractivity contribution in [2.24, 2.45) is 0 Å². The molecule has 0 N–H and O–H groups in total. The minimum atomic E-state index is 0.912. The summed E-state index contributed by atoms with van der Waals surface area (Å²) in [6.07, 6.45) is 1.84. The zero-order chi connectivity index (χ0) is 12.5. The van der Waals surface area contributed by atoms with E-state index < -0.39 is 0 Å². The first-order valence-corrected chi connectivity index (χ1v) is 6.00. The summed E-state index contributed by atoms with van der Waals surface area (Å²) in [6, 6.07) is 16.5. The lowest BCUT2D eigenvalue weighted by atomic mass is 10.1. The molecule has 88 valence electrons. The molecule has 1 nitrogen and oxygen atoms in total. The highest BCUT2D eigenvalue weighted by Gasteiger charge is 2.07. The molecular weight excluding hydrogens is 220 g/mol. The molecule has 18 heavy (non-hydrogen) atoms. The highest BCUT2D eigenvalue weighted by molar-refractivity contribution is 5.85. The van der Waals surface area contributed by atoms with Gasteiger partial charge in [-0.1, -0.05) is 55.1 Å². The van der Waals surface area contributed by atoms with E-state index in [0.29, 0.717) is 0 Å². The van der Waals surface area contributed by atoms with Crippen LogP contribution in [0, 0.1) is 6.92 Å². The standard InChI is InChI=1S/C17H14O/c1-3-13-7-9-14(10-8-13)16-11-15-6-4-5-12(2)17(15)18-16/h3-11H,1H2,2H3. The summed E-state index contributed by atoms with van der Waals surface area (Å²) in [5.74, 6) is 0.912. The van der Waals surface area contributed by atoms with Gasteiger partial charge in [0.05, 0.1) is 0 Å². The summed E-state index contributed by atoms with van der Waals surface area (Å²) < 4.78 is 5.93. The maximum atomic E-state index is 5.93. The third-order valence-electron chi connectivity index (χ3n) is 3.17. The number of rotatable bonds is 2. The van der Waals surface area contributed by atoms with E-state index in [1.165, 1.54) is 5.56 Å². The SMILES string of the molecule is C=Cc1ccc(-c2cc3cccc(C)c3o2)cc1. The lowest BCUT2D eigenvalue weighted by Crippen LogP contribution is -1.74. The van der Waals surface area contributed by atoms with Crippen molar-refractivity contribution in [2.75, 3.05) is 0 Å². The predicted molar refractivity (Wildman–Crippen MR) is 76.5 cm³/mol. The van der Waals surface area contributed by atoms with Gasteiger partial charge in [0.2, 0.25) is 0 Å². The van der Waals surface area contributed by atoms with E-state index in [1.807, 2.05) is 18.2 Å². The van der Waals surface area contributed by atoms with Crippen molar-refractivity contribution >= 4 is 17.0 Å². The van der Waals surface area contributed by atoms with Gasteiger partial charge in [0.25, 0.3) is 0 Å². The zero-order valence-corrected chi connectivity index (χ0v) is 10.3. The van der Waals surface area contributed by atoms with Crippen LogP contribution in [-0.4, -0.2) is 0 Å². The molecule has 1 heteroatoms. The summed E-state index contributed by atoms with van der Waals surface area (Å²) in [6.45, 7) is 5.82. The molecule has 2 aromatic carbocycles. The van der Waals surface area contributed by atoms with Gasteiger partial charge in [-0.25, -0.2) is 0 Å². The maximum absolute atomic E-state index is 5.93. The van der Waals surface area contributed by atoms with E-state index in [9.17, 15) is 0 Å². The van der Waals surface area contributed by atoms with Crippen molar-refractivity contribution in [3.63, 3.8) is 0 Å². The Balaban J connectivity index is 2.13. The molecule has 0 radical (unpaired) electrons. The molecule has 0 saturated heterocycles. The second-order valence-electron chi connectivity index (χ2n) is 4.43. The quantitative estimate of drug-likeness (QED) is 0.604. The lowest BCUT2D eigenvalue weighted by Gasteiger charge is -1.97. The van der Waals surface area contributed by atoms with Gasteiger partial charge < -0.3 is 4.42 Å². The van der Waals surface area contributed by atoms with Gasteiger partial charge in [-0.05, 0) is 24.1 Å². The van der Waals surface area contributed by atoms with Crippen LogP contribution in [0.3, 0.4) is 0 Å². The second kappa shape index (κ2) is 4.19. The number of hydrogen-bond acceptors (Lipinski definition) is 1. The van der Waals surface area contributed by atoms with Crippen LogP contribution in [0.1, 0.15) is 11.1 Å². The second-order valence-corrected chi connectivity index (χ2v) is 4.43. The number of benzene rings is 2. The summed E-state index contributed by atoms with van der Waals surface area (Å²) in [5, 5.41) is 1.15. The molecule has 0 aliphatic heterocycles. The average Bonchev–Trinajstić information content (AvgIpc) is 2.84. The van der Waals surface area contributed by atoms with Crippen LogP contribution in [0.2, 0.25) is 0 Å². The summed E-state index contributed by atoms with van der Waals surface area (Å²) >= 11 is 0. The summed E-state index contributed by atoms with van der Waals surface area (Å²) in [4.78, 5) is 0. The highest BCUT2D eigenvalue weighted by atomic mass is 16.3. The molecule has 0 spiro atoms. The van der Waals surface area contributed by atoms with Crippen LogP contribution < -0.4 is 0 Å². The third kappa shape index (κ3) is 1.74. The van der Waals surface area contributed by atoms with E-state index in [1.54, 1.807) is 0 Å². The first-order chi connectivity index (χ1) is 8.78. The molecule has 1 aromatic heterocycles. The van der Waals surface area contributed by atoms with Crippen LogP contribution in [-0.2, 0) is 0 Å². The van der Waals surface area contributed by atoms with Gasteiger partial charge in [-0.15, -0.1) is 0 Å². The first kappa shape index (κ1) is 10.8. The molecule has 1 heterocycles. The minimum Gasteiger partial charge on any atom is -0.456 e. The van der Waals surface area contributed by atoms with Crippen molar-refractivity contribution in [3.05, 3.63) is 66.2 Å². The van der Waals surface area contributed by atoms with Crippen molar-refractivity contribution in [3.8, 4) is 11.3 Å². The summed E-state index contributed by atoms with van der Waals surface area (Å²) in [7, 11) is 0. The monoisotopic (exact) mass is 234 g/mol. The van der Waals surface area contributed by atoms with Gasteiger partial charge >= 0.3 is 0 Å². The van der Waals surface area contributed by atoms with Gasteiger partial charge in [0, 0.05) is 10.9 Å². The van der Waals surface area contributed by atoms with Crippen molar-refractivity contribution < 1.29 is 4.42 Å². The smallest absolute Gasteiger partial charge is 0.137 e. The van der Waals surface area contributed by atoms with Crippen molar-refractivity contribution in [1.82, 2.24) is 0 Å². The van der Waals surface area contributed by atoms with Gasteiger partial charge in [-0.3, -0.25) is 0 Å². The third-order valence-corrected chi connectivity index (χ3v) is 3.17. The minimum absolute atomic E-state index is 0.912. The van der Waals surface area contributed by atoms with Gasteiger partial charge in [0.1, 0.15) is 11.3 Å². The Labute approximate surface area is 106 Å². The zero-order valence-electron chi connectivity index (χ0n) is 10.3. The van der Waals surface area contributed by atoms with Crippen LogP contribution in [0.15, 0.2) is 59.5 Å². The Morgan fingerprint density at radius 2 is 1.83 bits per heavy atom. The maximum Gasteiger partial charge on any atom is 0.137 e. The first-order valence-electron chi connectivity index (χ1n) is 6.00. The van der Waals surface area contributed by atoms with Crippen LogP contribution in [0.5, 0.6) is 0 Å². The Morgan fingerprint density at radius 1 is 1.06 bits per heavy atom. The molecule has 0 aliphatic carbocycles. The molecule has 0 atom stereocenters. The highest BCUT2D eigenvalue weighted by Crippen LogP contribution is 2.29. The normalized spacial score (nSPS) is 10.7. The fraction of sp³-hybridized carbons (Fsp3) is 0.0588. The molecule has 3 aromatic rings. The van der Waals surface area contributed by atoms with E-state index in [-0.39, 0.29) is 0 Å². The Kier molecular flexibility index (Phi) is 2.52. The molecule has 0 unspecified atom stereocenters.